The third-order valence-corrected chi connectivity index (χ3v) is 4.03. The lowest BCUT2D eigenvalue weighted by atomic mass is 9.58. The molecule has 2 rings (SSSR count). The number of ketones is 1. The summed E-state index contributed by atoms with van der Waals surface area (Å²) >= 11 is 0. The minimum atomic E-state index is -0.376. The summed E-state index contributed by atoms with van der Waals surface area (Å²) in [5.74, 6) is 0.205. The van der Waals surface area contributed by atoms with Gasteiger partial charge in [0.2, 0.25) is 0 Å². The minimum absolute atomic E-state index is 0.184. The molecule has 0 aromatic rings. The number of allylic oxidation sites excluding steroid dienone is 1. The Hall–Kier alpha value is -1.10. The summed E-state index contributed by atoms with van der Waals surface area (Å²) in [5, 5.41) is 0. The minimum Gasteiger partial charge on any atom is -0.305 e. The molecular weight excluding hydrogens is 186 g/mol. The van der Waals surface area contributed by atoms with E-state index in [-0.39, 0.29) is 16.7 Å². The van der Waals surface area contributed by atoms with E-state index >= 15 is 0 Å². The maximum absolute atomic E-state index is 11.6. The van der Waals surface area contributed by atoms with Crippen molar-refractivity contribution in [2.75, 3.05) is 0 Å². The van der Waals surface area contributed by atoms with Gasteiger partial charge in [0.15, 0.2) is 5.78 Å². The first-order chi connectivity index (χ1) is 7.02. The fourth-order valence-electron chi connectivity index (χ4n) is 3.13. The molecular formula is C13H17NO. The van der Waals surface area contributed by atoms with E-state index in [1.54, 1.807) is 6.08 Å². The van der Waals surface area contributed by atoms with E-state index in [0.29, 0.717) is 6.42 Å². The van der Waals surface area contributed by atoms with Crippen molar-refractivity contribution in [3.63, 3.8) is 0 Å². The highest BCUT2D eigenvalue weighted by atomic mass is 16.1. The monoisotopic (exact) mass is 203 g/mol. The van der Waals surface area contributed by atoms with E-state index in [2.05, 4.69) is 18.7 Å². The summed E-state index contributed by atoms with van der Waals surface area (Å²) in [6.07, 6.45) is 6.41. The molecule has 0 N–H and O–H groups in total. The first-order valence-electron chi connectivity index (χ1n) is 5.64. The molecule has 1 unspecified atom stereocenters. The Morgan fingerprint density at radius 2 is 2.13 bits per heavy atom. The van der Waals surface area contributed by atoms with E-state index < -0.39 is 0 Å². The maximum Gasteiger partial charge on any atom is 0.259 e. The van der Waals surface area contributed by atoms with Gasteiger partial charge in [-0.2, -0.15) is 0 Å². The Morgan fingerprint density at radius 1 is 1.40 bits per heavy atom. The van der Waals surface area contributed by atoms with Crippen molar-refractivity contribution in [3.8, 4) is 0 Å². The molecule has 1 saturated carbocycles. The molecule has 2 nitrogen and oxygen atoms in total. The third kappa shape index (κ3) is 1.33. The van der Waals surface area contributed by atoms with Gasteiger partial charge in [0.25, 0.3) is 5.54 Å². The largest absolute Gasteiger partial charge is 0.305 e. The zero-order valence-corrected chi connectivity index (χ0v) is 9.47. The molecule has 2 aliphatic carbocycles. The molecule has 80 valence electrons. The summed E-state index contributed by atoms with van der Waals surface area (Å²) in [7, 11) is 0. The number of carbonyl (C=O) groups is 1. The lowest BCUT2D eigenvalue weighted by Gasteiger charge is -2.43. The molecule has 1 fully saturated rings. The summed E-state index contributed by atoms with van der Waals surface area (Å²) in [6, 6.07) is 0. The Balaban J connectivity index is 2.54. The highest BCUT2D eigenvalue weighted by molar-refractivity contribution is 5.93. The van der Waals surface area contributed by atoms with Crippen LogP contribution < -0.4 is 0 Å². The predicted octanol–water partition coefficient (Wildman–Crippen LogP) is 3.14. The standard InChI is InChI=1S/C13H17NO/c1-12(2)9-11(15)8-10-6-4-5-7-13(10,12)14-3/h8H,4-7,9H2,1-2H3. The van der Waals surface area contributed by atoms with Crippen molar-refractivity contribution in [2.24, 2.45) is 5.41 Å². The molecule has 0 bridgehead atoms. The third-order valence-electron chi connectivity index (χ3n) is 4.03. The van der Waals surface area contributed by atoms with Gasteiger partial charge in [-0.3, -0.25) is 4.79 Å². The van der Waals surface area contributed by atoms with Crippen molar-refractivity contribution in [1.82, 2.24) is 0 Å². The maximum atomic E-state index is 11.6. The Bertz CT molecular complexity index is 372. The van der Waals surface area contributed by atoms with Crippen LogP contribution in [-0.4, -0.2) is 11.3 Å². The number of carbonyl (C=O) groups excluding carboxylic acids is 1. The van der Waals surface area contributed by atoms with Crippen LogP contribution >= 0.6 is 0 Å². The quantitative estimate of drug-likeness (QED) is 0.554. The number of rotatable bonds is 0. The van der Waals surface area contributed by atoms with Crippen molar-refractivity contribution < 1.29 is 4.79 Å². The zero-order valence-electron chi connectivity index (χ0n) is 9.47. The van der Waals surface area contributed by atoms with Gasteiger partial charge in [0.05, 0.1) is 5.41 Å². The van der Waals surface area contributed by atoms with Gasteiger partial charge in [0, 0.05) is 18.4 Å². The molecule has 2 aliphatic rings. The smallest absolute Gasteiger partial charge is 0.259 e. The van der Waals surface area contributed by atoms with E-state index in [1.165, 1.54) is 0 Å². The van der Waals surface area contributed by atoms with Crippen LogP contribution in [0.3, 0.4) is 0 Å². The molecule has 0 heterocycles. The van der Waals surface area contributed by atoms with E-state index in [9.17, 15) is 4.79 Å². The SMILES string of the molecule is [C-]#[N+]C12CCCCC1=CC(=O)CC2(C)C. The fourth-order valence-corrected chi connectivity index (χ4v) is 3.13. The Morgan fingerprint density at radius 3 is 2.80 bits per heavy atom. The molecule has 0 aromatic heterocycles. The molecule has 0 spiro atoms. The molecule has 0 aromatic carbocycles. The highest BCUT2D eigenvalue weighted by Crippen LogP contribution is 2.52. The fraction of sp³-hybridized carbons (Fsp3) is 0.692. The Kier molecular flexibility index (Phi) is 2.22. The lowest BCUT2D eigenvalue weighted by Crippen LogP contribution is -2.49. The number of hydrogen-bond donors (Lipinski definition) is 0. The van der Waals surface area contributed by atoms with Crippen LogP contribution in [0.15, 0.2) is 11.6 Å². The van der Waals surface area contributed by atoms with Crippen molar-refractivity contribution >= 4 is 5.78 Å². The molecule has 0 saturated heterocycles. The normalized spacial score (nSPS) is 33.9. The van der Waals surface area contributed by atoms with Gasteiger partial charge in [-0.25, -0.2) is 6.57 Å². The average molecular weight is 203 g/mol. The Labute approximate surface area is 91.2 Å². The van der Waals surface area contributed by atoms with Crippen LogP contribution in [0.2, 0.25) is 0 Å². The van der Waals surface area contributed by atoms with Gasteiger partial charge >= 0.3 is 0 Å². The van der Waals surface area contributed by atoms with Crippen LogP contribution in [0.4, 0.5) is 0 Å². The summed E-state index contributed by atoms with van der Waals surface area (Å²) in [6.45, 7) is 11.6. The van der Waals surface area contributed by atoms with Gasteiger partial charge in [-0.05, 0) is 25.3 Å². The number of hydrogen-bond acceptors (Lipinski definition) is 1. The van der Waals surface area contributed by atoms with E-state index in [0.717, 1.165) is 31.3 Å². The van der Waals surface area contributed by atoms with Crippen molar-refractivity contribution in [3.05, 3.63) is 23.1 Å². The lowest BCUT2D eigenvalue weighted by molar-refractivity contribution is -0.118. The van der Waals surface area contributed by atoms with Crippen molar-refractivity contribution in [2.45, 2.75) is 51.5 Å². The first-order valence-corrected chi connectivity index (χ1v) is 5.64. The van der Waals surface area contributed by atoms with Gasteiger partial charge in [0.1, 0.15) is 0 Å². The van der Waals surface area contributed by atoms with E-state index in [4.69, 9.17) is 6.57 Å². The molecule has 0 amide bonds. The van der Waals surface area contributed by atoms with Crippen molar-refractivity contribution in [1.29, 1.82) is 0 Å². The van der Waals surface area contributed by atoms with Gasteiger partial charge in [-0.1, -0.05) is 13.8 Å². The molecule has 1 atom stereocenters. The molecule has 0 radical (unpaired) electrons. The topological polar surface area (TPSA) is 21.4 Å². The first kappa shape index (κ1) is 10.4. The van der Waals surface area contributed by atoms with Crippen LogP contribution in [0.1, 0.15) is 46.0 Å². The summed E-state index contributed by atoms with van der Waals surface area (Å²) in [5.41, 5.74) is 0.542. The second-order valence-electron chi connectivity index (χ2n) is 5.38. The van der Waals surface area contributed by atoms with Crippen LogP contribution in [0, 0.1) is 12.0 Å². The number of fused-ring (bicyclic) bond motifs is 1. The summed E-state index contributed by atoms with van der Waals surface area (Å²) < 4.78 is 0. The van der Waals surface area contributed by atoms with Crippen LogP contribution in [0.25, 0.3) is 4.85 Å². The van der Waals surface area contributed by atoms with Gasteiger partial charge < -0.3 is 4.85 Å². The molecule has 0 aliphatic heterocycles. The summed E-state index contributed by atoms with van der Waals surface area (Å²) in [4.78, 5) is 15.5. The van der Waals surface area contributed by atoms with Crippen LogP contribution in [-0.2, 0) is 4.79 Å². The average Bonchev–Trinajstić information content (AvgIpc) is 2.16. The van der Waals surface area contributed by atoms with E-state index in [1.807, 2.05) is 0 Å². The number of nitrogens with zero attached hydrogens (tertiary/aromatic N) is 1. The van der Waals surface area contributed by atoms with Gasteiger partial charge in [-0.15, -0.1) is 0 Å². The second-order valence-corrected chi connectivity index (χ2v) is 5.38. The predicted molar refractivity (Wildman–Crippen MR) is 59.3 cm³/mol. The zero-order chi connectivity index (χ0) is 11.1. The molecule has 2 heteroatoms. The highest BCUT2D eigenvalue weighted by Gasteiger charge is 2.57. The molecule has 15 heavy (non-hydrogen) atoms. The van der Waals surface area contributed by atoms with Crippen LogP contribution in [0.5, 0.6) is 0 Å². The second kappa shape index (κ2) is 3.20.